The summed E-state index contributed by atoms with van der Waals surface area (Å²) in [5.41, 5.74) is -0.616. The van der Waals surface area contributed by atoms with E-state index < -0.39 is 17.6 Å². The molecule has 0 spiro atoms. The molecule has 2 saturated carbocycles. The molecule has 0 saturated heterocycles. The van der Waals surface area contributed by atoms with Crippen molar-refractivity contribution in [3.63, 3.8) is 0 Å². The lowest BCUT2D eigenvalue weighted by atomic mass is 9.92. The highest BCUT2D eigenvalue weighted by atomic mass is 16.4. The van der Waals surface area contributed by atoms with Gasteiger partial charge in [0.2, 0.25) is 0 Å². The van der Waals surface area contributed by atoms with Crippen LogP contribution in [0.1, 0.15) is 57.8 Å². The van der Waals surface area contributed by atoms with E-state index in [4.69, 9.17) is 5.11 Å². The molecule has 0 aromatic rings. The molecule has 0 heterocycles. The first-order valence-corrected chi connectivity index (χ1v) is 7.49. The van der Waals surface area contributed by atoms with Gasteiger partial charge in [-0.2, -0.15) is 0 Å². The van der Waals surface area contributed by atoms with E-state index in [0.29, 0.717) is 19.3 Å². The second kappa shape index (κ2) is 6.43. The van der Waals surface area contributed by atoms with Crippen LogP contribution in [0.2, 0.25) is 0 Å². The number of rotatable bonds is 4. The van der Waals surface area contributed by atoms with Crippen molar-refractivity contribution < 1.29 is 19.8 Å². The number of carboxylic acids is 1. The highest BCUT2D eigenvalue weighted by molar-refractivity contribution is 5.77. The quantitative estimate of drug-likeness (QED) is 0.626. The first-order valence-electron chi connectivity index (χ1n) is 7.49. The number of carboxylic acid groups (broad SMARTS) is 1. The van der Waals surface area contributed by atoms with Crippen molar-refractivity contribution in [2.75, 3.05) is 0 Å². The zero-order valence-electron chi connectivity index (χ0n) is 11.7. The number of hydrogen-bond donors (Lipinski definition) is 4. The number of carbonyl (C=O) groups is 2. The Morgan fingerprint density at radius 3 is 2.35 bits per heavy atom. The summed E-state index contributed by atoms with van der Waals surface area (Å²) in [6.07, 6.45) is 6.26. The average molecular weight is 284 g/mol. The molecule has 4 N–H and O–H groups in total. The Balaban J connectivity index is 1.89. The fourth-order valence-corrected chi connectivity index (χ4v) is 3.41. The zero-order valence-corrected chi connectivity index (χ0v) is 11.7. The van der Waals surface area contributed by atoms with Crippen molar-refractivity contribution in [2.45, 2.75) is 75.5 Å². The first kappa shape index (κ1) is 15.1. The van der Waals surface area contributed by atoms with Gasteiger partial charge in [0, 0.05) is 0 Å². The molecule has 20 heavy (non-hydrogen) atoms. The van der Waals surface area contributed by atoms with Gasteiger partial charge in [-0.1, -0.05) is 25.7 Å². The van der Waals surface area contributed by atoms with Gasteiger partial charge >= 0.3 is 12.0 Å². The number of aliphatic carboxylic acids is 1. The van der Waals surface area contributed by atoms with Gasteiger partial charge in [0.25, 0.3) is 0 Å². The third-order valence-electron chi connectivity index (χ3n) is 4.47. The molecule has 2 atom stereocenters. The van der Waals surface area contributed by atoms with Gasteiger partial charge in [-0.15, -0.1) is 0 Å². The van der Waals surface area contributed by atoms with Gasteiger partial charge in [-0.05, 0) is 25.7 Å². The maximum Gasteiger partial charge on any atom is 0.315 e. The van der Waals surface area contributed by atoms with Crippen molar-refractivity contribution in [1.29, 1.82) is 0 Å². The fraction of sp³-hybridized carbons (Fsp3) is 0.857. The van der Waals surface area contributed by atoms with Gasteiger partial charge in [0.15, 0.2) is 0 Å². The molecule has 0 aromatic carbocycles. The average Bonchev–Trinajstić information content (AvgIpc) is 2.79. The van der Waals surface area contributed by atoms with Crippen molar-refractivity contribution in [3.05, 3.63) is 0 Å². The third kappa shape index (κ3) is 3.85. The monoisotopic (exact) mass is 284 g/mol. The molecule has 0 bridgehead atoms. The van der Waals surface area contributed by atoms with Crippen LogP contribution >= 0.6 is 0 Å². The van der Waals surface area contributed by atoms with Crippen molar-refractivity contribution in [2.24, 2.45) is 0 Å². The Kier molecular flexibility index (Phi) is 4.86. The predicted octanol–water partition coefficient (Wildman–Crippen LogP) is 1.38. The number of aliphatic hydroxyl groups excluding tert-OH is 1. The maximum absolute atomic E-state index is 12.1. The lowest BCUT2D eigenvalue weighted by Crippen LogP contribution is -2.56. The summed E-state index contributed by atoms with van der Waals surface area (Å²) in [5.74, 6) is -0.884. The molecule has 2 aliphatic rings. The molecular formula is C14H24N2O4. The number of amides is 2. The van der Waals surface area contributed by atoms with E-state index in [9.17, 15) is 14.7 Å². The molecule has 0 aliphatic heterocycles. The summed E-state index contributed by atoms with van der Waals surface area (Å²) in [5, 5.41) is 24.5. The summed E-state index contributed by atoms with van der Waals surface area (Å²) in [4.78, 5) is 23.0. The normalized spacial score (nSPS) is 28.9. The summed E-state index contributed by atoms with van der Waals surface area (Å²) in [6, 6.07) is -0.564. The molecule has 2 fully saturated rings. The van der Waals surface area contributed by atoms with Crippen LogP contribution in [0.5, 0.6) is 0 Å². The lowest BCUT2D eigenvalue weighted by Gasteiger charge is -2.32. The van der Waals surface area contributed by atoms with Crippen LogP contribution < -0.4 is 10.6 Å². The van der Waals surface area contributed by atoms with E-state index in [-0.39, 0.29) is 18.5 Å². The summed E-state index contributed by atoms with van der Waals surface area (Å²) < 4.78 is 0. The maximum atomic E-state index is 12.1. The van der Waals surface area contributed by atoms with Crippen LogP contribution in [0.15, 0.2) is 0 Å². The van der Waals surface area contributed by atoms with E-state index in [1.807, 2.05) is 0 Å². The van der Waals surface area contributed by atoms with Crippen LogP contribution in [0.25, 0.3) is 0 Å². The van der Waals surface area contributed by atoms with Crippen LogP contribution in [-0.2, 0) is 4.79 Å². The number of hydrogen-bond acceptors (Lipinski definition) is 3. The Hall–Kier alpha value is -1.30. The molecule has 0 radical (unpaired) electrons. The minimum absolute atomic E-state index is 0.0341. The second-order valence-corrected chi connectivity index (χ2v) is 6.11. The molecule has 2 rings (SSSR count). The molecule has 2 amide bonds. The Morgan fingerprint density at radius 1 is 1.10 bits per heavy atom. The van der Waals surface area contributed by atoms with Crippen molar-refractivity contribution >= 4 is 12.0 Å². The molecule has 2 unspecified atom stereocenters. The number of carbonyl (C=O) groups excluding carboxylic acids is 1. The topological polar surface area (TPSA) is 98.7 Å². The molecule has 2 aliphatic carbocycles. The molecular weight excluding hydrogens is 260 g/mol. The largest absolute Gasteiger partial charge is 0.481 e. The summed E-state index contributed by atoms with van der Waals surface area (Å²) in [6.45, 7) is 0. The Bertz CT molecular complexity index is 366. The molecule has 114 valence electrons. The van der Waals surface area contributed by atoms with Gasteiger partial charge in [-0.25, -0.2) is 4.79 Å². The SMILES string of the molecule is O=C(O)CC1(NC(=O)NC2CCCCC2O)CCCC1. The van der Waals surface area contributed by atoms with E-state index in [2.05, 4.69) is 10.6 Å². The van der Waals surface area contributed by atoms with E-state index >= 15 is 0 Å². The van der Waals surface area contributed by atoms with Crippen LogP contribution in [0, 0.1) is 0 Å². The number of aliphatic hydroxyl groups is 1. The molecule has 6 heteroatoms. The Labute approximate surface area is 118 Å². The predicted molar refractivity (Wildman–Crippen MR) is 73.4 cm³/mol. The van der Waals surface area contributed by atoms with E-state index in [1.165, 1.54) is 0 Å². The number of urea groups is 1. The Morgan fingerprint density at radius 2 is 1.75 bits per heavy atom. The number of nitrogens with one attached hydrogen (secondary N) is 2. The van der Waals surface area contributed by atoms with Crippen LogP contribution in [0.4, 0.5) is 4.79 Å². The molecule has 6 nitrogen and oxygen atoms in total. The van der Waals surface area contributed by atoms with Gasteiger partial charge in [-0.3, -0.25) is 4.79 Å². The summed E-state index contributed by atoms with van der Waals surface area (Å²) >= 11 is 0. The third-order valence-corrected chi connectivity index (χ3v) is 4.47. The fourth-order valence-electron chi connectivity index (χ4n) is 3.41. The van der Waals surface area contributed by atoms with Gasteiger partial charge < -0.3 is 20.8 Å². The minimum atomic E-state index is -0.884. The van der Waals surface area contributed by atoms with E-state index in [0.717, 1.165) is 32.1 Å². The smallest absolute Gasteiger partial charge is 0.315 e. The highest BCUT2D eigenvalue weighted by Crippen LogP contribution is 2.32. The van der Waals surface area contributed by atoms with Crippen molar-refractivity contribution in [1.82, 2.24) is 10.6 Å². The first-order chi connectivity index (χ1) is 9.51. The minimum Gasteiger partial charge on any atom is -0.481 e. The zero-order chi connectivity index (χ0) is 14.6. The molecule has 0 aromatic heterocycles. The van der Waals surface area contributed by atoms with Crippen LogP contribution in [-0.4, -0.2) is 39.9 Å². The van der Waals surface area contributed by atoms with Crippen molar-refractivity contribution in [3.8, 4) is 0 Å². The van der Waals surface area contributed by atoms with Gasteiger partial charge in [0.1, 0.15) is 0 Å². The highest BCUT2D eigenvalue weighted by Gasteiger charge is 2.38. The second-order valence-electron chi connectivity index (χ2n) is 6.11. The summed E-state index contributed by atoms with van der Waals surface area (Å²) in [7, 11) is 0. The van der Waals surface area contributed by atoms with Gasteiger partial charge in [0.05, 0.1) is 24.1 Å². The lowest BCUT2D eigenvalue weighted by molar-refractivity contribution is -0.138. The van der Waals surface area contributed by atoms with E-state index in [1.54, 1.807) is 0 Å². The van der Waals surface area contributed by atoms with Crippen LogP contribution in [0.3, 0.4) is 0 Å². The standard InChI is InChI=1S/C14H24N2O4/c17-11-6-2-1-5-10(11)15-13(20)16-14(9-12(18)19)7-3-4-8-14/h10-11,17H,1-9H2,(H,18,19)(H2,15,16,20).